The van der Waals surface area contributed by atoms with Gasteiger partial charge in [-0.15, -0.1) is 11.3 Å². The van der Waals surface area contributed by atoms with Crippen LogP contribution in [0.5, 0.6) is 5.75 Å². The predicted octanol–water partition coefficient (Wildman–Crippen LogP) is 4.66. The molecule has 0 amide bonds. The minimum absolute atomic E-state index is 0.201. The molecular weight excluding hydrogens is 300 g/mol. The molecule has 1 N–H and O–H groups in total. The van der Waals surface area contributed by atoms with E-state index < -0.39 is 0 Å². The highest BCUT2D eigenvalue weighted by atomic mass is 32.2. The summed E-state index contributed by atoms with van der Waals surface area (Å²) in [6.07, 6.45) is 0. The van der Waals surface area contributed by atoms with Crippen LogP contribution in [0.15, 0.2) is 23.7 Å². The Labute approximate surface area is 135 Å². The number of hydrogen-bond donors (Lipinski definition) is 1. The summed E-state index contributed by atoms with van der Waals surface area (Å²) >= 11 is 3.40. The molecular formula is C16H22N2OS2. The van der Waals surface area contributed by atoms with Crippen LogP contribution in [0, 0.1) is 6.92 Å². The van der Waals surface area contributed by atoms with E-state index >= 15 is 0 Å². The molecule has 0 bridgehead atoms. The first-order valence-electron chi connectivity index (χ1n) is 6.89. The summed E-state index contributed by atoms with van der Waals surface area (Å²) in [6.45, 7) is 9.40. The molecule has 0 saturated carbocycles. The maximum atomic E-state index is 5.54. The molecule has 0 spiro atoms. The second-order valence-electron chi connectivity index (χ2n) is 5.83. The van der Waals surface area contributed by atoms with Crippen LogP contribution in [0.4, 0.5) is 0 Å². The number of aryl methyl sites for hydroxylation is 1. The molecule has 0 radical (unpaired) electrons. The molecule has 2 aromatic rings. The fourth-order valence-corrected chi connectivity index (χ4v) is 3.40. The zero-order valence-electron chi connectivity index (χ0n) is 13.2. The normalized spacial score (nSPS) is 11.7. The Morgan fingerprint density at radius 2 is 2.10 bits per heavy atom. The van der Waals surface area contributed by atoms with Crippen LogP contribution in [0.3, 0.4) is 0 Å². The van der Waals surface area contributed by atoms with Gasteiger partial charge in [0.05, 0.1) is 23.2 Å². The van der Waals surface area contributed by atoms with Gasteiger partial charge < -0.3 is 4.74 Å². The Morgan fingerprint density at radius 1 is 1.33 bits per heavy atom. The highest BCUT2D eigenvalue weighted by Crippen LogP contribution is 2.32. The summed E-state index contributed by atoms with van der Waals surface area (Å²) in [5, 5.41) is 0. The van der Waals surface area contributed by atoms with Crippen LogP contribution < -0.4 is 9.46 Å². The van der Waals surface area contributed by atoms with Crippen molar-refractivity contribution in [3.8, 4) is 16.2 Å². The number of benzene rings is 1. The van der Waals surface area contributed by atoms with E-state index in [-0.39, 0.29) is 4.75 Å². The van der Waals surface area contributed by atoms with Gasteiger partial charge in [0.15, 0.2) is 0 Å². The highest BCUT2D eigenvalue weighted by molar-refractivity contribution is 7.98. The van der Waals surface area contributed by atoms with Gasteiger partial charge in [0.25, 0.3) is 0 Å². The monoisotopic (exact) mass is 322 g/mol. The molecule has 0 fully saturated rings. The van der Waals surface area contributed by atoms with Gasteiger partial charge in [-0.1, -0.05) is 24.1 Å². The van der Waals surface area contributed by atoms with Crippen molar-refractivity contribution in [2.45, 2.75) is 39.0 Å². The molecule has 5 heteroatoms. The summed E-state index contributed by atoms with van der Waals surface area (Å²) < 4.78 is 9.15. The van der Waals surface area contributed by atoms with Crippen LogP contribution in [0.1, 0.15) is 32.0 Å². The van der Waals surface area contributed by atoms with Gasteiger partial charge in [0, 0.05) is 16.9 Å². The molecule has 0 aliphatic carbocycles. The van der Waals surface area contributed by atoms with E-state index in [0.29, 0.717) is 0 Å². The number of thiazole rings is 1. The van der Waals surface area contributed by atoms with Crippen LogP contribution in [-0.2, 0) is 6.54 Å². The van der Waals surface area contributed by atoms with Crippen LogP contribution >= 0.6 is 23.3 Å². The maximum absolute atomic E-state index is 5.54. The van der Waals surface area contributed by atoms with Crippen LogP contribution in [0.2, 0.25) is 0 Å². The first-order valence-corrected chi connectivity index (χ1v) is 8.58. The molecule has 0 saturated heterocycles. The van der Waals surface area contributed by atoms with Crippen molar-refractivity contribution < 1.29 is 4.74 Å². The SMILES string of the molecule is COc1cc(-c2scnc2C)ccc1CNSC(C)(C)C. The topological polar surface area (TPSA) is 34.1 Å². The zero-order valence-corrected chi connectivity index (χ0v) is 14.8. The Balaban J connectivity index is 2.15. The average Bonchev–Trinajstić information content (AvgIpc) is 2.84. The fraction of sp³-hybridized carbons (Fsp3) is 0.438. The Hall–Kier alpha value is -1.04. The van der Waals surface area contributed by atoms with E-state index in [4.69, 9.17) is 4.74 Å². The van der Waals surface area contributed by atoms with Crippen molar-refractivity contribution in [2.75, 3.05) is 7.11 Å². The van der Waals surface area contributed by atoms with Crippen molar-refractivity contribution >= 4 is 23.3 Å². The predicted molar refractivity (Wildman–Crippen MR) is 93.0 cm³/mol. The molecule has 2 rings (SSSR count). The minimum Gasteiger partial charge on any atom is -0.496 e. The van der Waals surface area contributed by atoms with Crippen LogP contribution in [-0.4, -0.2) is 16.8 Å². The highest BCUT2D eigenvalue weighted by Gasteiger charge is 2.12. The molecule has 3 nitrogen and oxygen atoms in total. The third-order valence-electron chi connectivity index (χ3n) is 2.94. The molecule has 1 heterocycles. The summed E-state index contributed by atoms with van der Waals surface area (Å²) in [5.74, 6) is 0.919. The third kappa shape index (κ3) is 4.46. The lowest BCUT2D eigenvalue weighted by molar-refractivity contribution is 0.409. The third-order valence-corrected chi connectivity index (χ3v) is 4.81. The van der Waals surface area contributed by atoms with E-state index in [0.717, 1.165) is 18.0 Å². The first kappa shape index (κ1) is 16.3. The van der Waals surface area contributed by atoms with E-state index in [2.05, 4.69) is 48.7 Å². The van der Waals surface area contributed by atoms with Gasteiger partial charge in [-0.3, -0.25) is 4.72 Å². The van der Waals surface area contributed by atoms with Crippen molar-refractivity contribution in [1.82, 2.24) is 9.71 Å². The maximum Gasteiger partial charge on any atom is 0.124 e. The molecule has 0 unspecified atom stereocenters. The quantitative estimate of drug-likeness (QED) is 0.812. The van der Waals surface area contributed by atoms with E-state index in [9.17, 15) is 0 Å². The van der Waals surface area contributed by atoms with Crippen molar-refractivity contribution in [1.29, 1.82) is 0 Å². The largest absolute Gasteiger partial charge is 0.496 e. The van der Waals surface area contributed by atoms with E-state index in [1.54, 1.807) is 30.4 Å². The number of aromatic nitrogens is 1. The number of rotatable bonds is 5. The number of ether oxygens (including phenoxy) is 1. The Bertz CT molecular complexity index is 603. The molecule has 0 aliphatic heterocycles. The smallest absolute Gasteiger partial charge is 0.124 e. The average molecular weight is 322 g/mol. The standard InChI is InChI=1S/C16H22N2OS2/c1-11-15(20-10-17-11)12-6-7-13(14(8-12)19-5)9-18-21-16(2,3)4/h6-8,10,18H,9H2,1-5H3. The second kappa shape index (κ2) is 6.81. The van der Waals surface area contributed by atoms with Crippen molar-refractivity contribution in [3.05, 3.63) is 35.0 Å². The van der Waals surface area contributed by atoms with Gasteiger partial charge in [-0.2, -0.15) is 0 Å². The van der Waals surface area contributed by atoms with Gasteiger partial charge >= 0.3 is 0 Å². The molecule has 1 aromatic carbocycles. The summed E-state index contributed by atoms with van der Waals surface area (Å²) in [4.78, 5) is 5.52. The summed E-state index contributed by atoms with van der Waals surface area (Å²) in [7, 11) is 1.72. The lowest BCUT2D eigenvalue weighted by atomic mass is 10.1. The molecule has 21 heavy (non-hydrogen) atoms. The summed E-state index contributed by atoms with van der Waals surface area (Å²) in [6, 6.07) is 6.37. The number of methoxy groups -OCH3 is 1. The Kier molecular flexibility index (Phi) is 5.30. The van der Waals surface area contributed by atoms with Crippen molar-refractivity contribution in [3.63, 3.8) is 0 Å². The fourth-order valence-electron chi connectivity index (χ4n) is 1.94. The van der Waals surface area contributed by atoms with Crippen molar-refractivity contribution in [2.24, 2.45) is 0 Å². The molecule has 1 aromatic heterocycles. The molecule has 0 aliphatic rings. The number of nitrogens with one attached hydrogen (secondary N) is 1. The number of hydrogen-bond acceptors (Lipinski definition) is 5. The minimum atomic E-state index is 0.201. The Morgan fingerprint density at radius 3 is 2.67 bits per heavy atom. The first-order chi connectivity index (χ1) is 9.90. The molecule has 0 atom stereocenters. The van der Waals surface area contributed by atoms with Gasteiger partial charge in [0.1, 0.15) is 5.75 Å². The summed E-state index contributed by atoms with van der Waals surface area (Å²) in [5.41, 5.74) is 5.28. The van der Waals surface area contributed by atoms with Gasteiger partial charge in [0.2, 0.25) is 0 Å². The second-order valence-corrected chi connectivity index (χ2v) is 8.40. The van der Waals surface area contributed by atoms with E-state index in [1.165, 1.54) is 16.0 Å². The number of nitrogens with zero attached hydrogens (tertiary/aromatic N) is 1. The van der Waals surface area contributed by atoms with Gasteiger partial charge in [-0.25, -0.2) is 4.98 Å². The lowest BCUT2D eigenvalue weighted by Crippen LogP contribution is -2.16. The van der Waals surface area contributed by atoms with Crippen LogP contribution in [0.25, 0.3) is 10.4 Å². The van der Waals surface area contributed by atoms with E-state index in [1.807, 2.05) is 12.4 Å². The van der Waals surface area contributed by atoms with Gasteiger partial charge in [-0.05, 0) is 39.3 Å². The molecule has 114 valence electrons. The zero-order chi connectivity index (χ0) is 15.5. The lowest BCUT2D eigenvalue weighted by Gasteiger charge is -2.18.